The van der Waals surface area contributed by atoms with Gasteiger partial charge in [-0.25, -0.2) is 4.39 Å². The third-order valence-corrected chi connectivity index (χ3v) is 3.16. The van der Waals surface area contributed by atoms with E-state index < -0.39 is 12.2 Å². The number of para-hydroxylation sites is 1. The van der Waals surface area contributed by atoms with E-state index in [1.165, 1.54) is 24.3 Å². The molecule has 0 aliphatic carbocycles. The molecule has 3 rings (SSSR count). The SMILES string of the molecule is O=C1c2ccccc2O[C@H](c2ccc(F)cc2)[C@H]1O. The van der Waals surface area contributed by atoms with E-state index >= 15 is 0 Å². The molecule has 19 heavy (non-hydrogen) atoms. The lowest BCUT2D eigenvalue weighted by Gasteiger charge is -2.29. The van der Waals surface area contributed by atoms with Gasteiger partial charge in [-0.1, -0.05) is 24.3 Å². The highest BCUT2D eigenvalue weighted by Crippen LogP contribution is 2.34. The van der Waals surface area contributed by atoms with Crippen LogP contribution in [0.1, 0.15) is 22.0 Å². The fourth-order valence-corrected chi connectivity index (χ4v) is 2.17. The second-order valence-corrected chi connectivity index (χ2v) is 4.40. The van der Waals surface area contributed by atoms with E-state index in [0.29, 0.717) is 16.9 Å². The van der Waals surface area contributed by atoms with E-state index in [1.807, 2.05) is 0 Å². The van der Waals surface area contributed by atoms with Gasteiger partial charge in [0.15, 0.2) is 18.0 Å². The molecule has 4 heteroatoms. The number of rotatable bonds is 1. The van der Waals surface area contributed by atoms with Crippen molar-refractivity contribution in [1.82, 2.24) is 0 Å². The van der Waals surface area contributed by atoms with Crippen molar-refractivity contribution in [3.63, 3.8) is 0 Å². The van der Waals surface area contributed by atoms with Crippen LogP contribution in [0, 0.1) is 5.82 Å². The van der Waals surface area contributed by atoms with Crippen LogP contribution in [0.15, 0.2) is 48.5 Å². The Balaban J connectivity index is 2.01. The van der Waals surface area contributed by atoms with Gasteiger partial charge in [0, 0.05) is 0 Å². The molecule has 0 amide bonds. The van der Waals surface area contributed by atoms with E-state index in [0.717, 1.165) is 0 Å². The third kappa shape index (κ3) is 2.00. The number of ether oxygens (including phenoxy) is 1. The molecular weight excluding hydrogens is 247 g/mol. The Hall–Kier alpha value is -2.20. The third-order valence-electron chi connectivity index (χ3n) is 3.16. The van der Waals surface area contributed by atoms with E-state index in [2.05, 4.69) is 0 Å². The molecule has 0 spiro atoms. The van der Waals surface area contributed by atoms with Gasteiger partial charge < -0.3 is 9.84 Å². The molecule has 0 radical (unpaired) electrons. The van der Waals surface area contributed by atoms with Gasteiger partial charge >= 0.3 is 0 Å². The number of hydrogen-bond acceptors (Lipinski definition) is 3. The normalized spacial score (nSPS) is 21.7. The zero-order valence-corrected chi connectivity index (χ0v) is 9.92. The van der Waals surface area contributed by atoms with Gasteiger partial charge in [-0.15, -0.1) is 0 Å². The van der Waals surface area contributed by atoms with E-state index in [1.54, 1.807) is 24.3 Å². The summed E-state index contributed by atoms with van der Waals surface area (Å²) in [5.41, 5.74) is 0.935. The molecule has 0 fully saturated rings. The Morgan fingerprint density at radius 3 is 2.47 bits per heavy atom. The van der Waals surface area contributed by atoms with Gasteiger partial charge in [0.2, 0.25) is 0 Å². The van der Waals surface area contributed by atoms with Crippen molar-refractivity contribution in [2.45, 2.75) is 12.2 Å². The number of benzene rings is 2. The molecule has 2 aromatic carbocycles. The number of aliphatic hydroxyl groups excluding tert-OH is 1. The van der Waals surface area contributed by atoms with Crippen molar-refractivity contribution < 1.29 is 19.0 Å². The highest BCUT2D eigenvalue weighted by Gasteiger charge is 2.36. The smallest absolute Gasteiger partial charge is 0.199 e. The van der Waals surface area contributed by atoms with Crippen molar-refractivity contribution in [3.8, 4) is 5.75 Å². The molecule has 1 heterocycles. The number of fused-ring (bicyclic) bond motifs is 1. The summed E-state index contributed by atoms with van der Waals surface area (Å²) in [5.74, 6) is -0.316. The molecule has 0 aromatic heterocycles. The number of Topliss-reactive ketones (excluding diaryl/α,β-unsaturated/α-hetero) is 1. The molecule has 1 N–H and O–H groups in total. The molecule has 0 saturated carbocycles. The first kappa shape index (κ1) is 11.9. The number of aliphatic hydroxyl groups is 1. The predicted molar refractivity (Wildman–Crippen MR) is 66.5 cm³/mol. The van der Waals surface area contributed by atoms with Crippen LogP contribution in [0.2, 0.25) is 0 Å². The average Bonchev–Trinajstić information content (AvgIpc) is 2.44. The molecule has 2 aromatic rings. The number of carbonyl (C=O) groups is 1. The van der Waals surface area contributed by atoms with Gasteiger partial charge in [-0.3, -0.25) is 4.79 Å². The van der Waals surface area contributed by atoms with Crippen LogP contribution >= 0.6 is 0 Å². The standard InChI is InChI=1S/C15H11FO3/c16-10-7-5-9(6-8-10)15-14(18)13(17)11-3-1-2-4-12(11)19-15/h1-8,14-15,18H/t14-,15+/m0/s1. The summed E-state index contributed by atoms with van der Waals surface area (Å²) in [6.45, 7) is 0. The van der Waals surface area contributed by atoms with Crippen LogP contribution < -0.4 is 4.74 Å². The van der Waals surface area contributed by atoms with Crippen molar-refractivity contribution in [2.24, 2.45) is 0 Å². The quantitative estimate of drug-likeness (QED) is 0.854. The first-order valence-electron chi connectivity index (χ1n) is 5.90. The lowest BCUT2D eigenvalue weighted by Crippen LogP contribution is -2.36. The average molecular weight is 258 g/mol. The molecule has 0 saturated heterocycles. The Bertz CT molecular complexity index is 622. The maximum atomic E-state index is 12.9. The predicted octanol–water partition coefficient (Wildman–Crippen LogP) is 2.50. The van der Waals surface area contributed by atoms with Crippen molar-refractivity contribution in [2.75, 3.05) is 0 Å². The minimum atomic E-state index is -1.28. The summed E-state index contributed by atoms with van der Waals surface area (Å²) >= 11 is 0. The lowest BCUT2D eigenvalue weighted by molar-refractivity contribution is 0.0216. The molecule has 0 bridgehead atoms. The van der Waals surface area contributed by atoms with E-state index in [-0.39, 0.29) is 11.6 Å². The molecule has 0 unspecified atom stereocenters. The molecule has 96 valence electrons. The van der Waals surface area contributed by atoms with Crippen molar-refractivity contribution in [3.05, 3.63) is 65.5 Å². The number of carbonyl (C=O) groups excluding carboxylic acids is 1. The largest absolute Gasteiger partial charge is 0.482 e. The second-order valence-electron chi connectivity index (χ2n) is 4.40. The monoisotopic (exact) mass is 258 g/mol. The lowest BCUT2D eigenvalue weighted by atomic mass is 9.94. The summed E-state index contributed by atoms with van der Waals surface area (Å²) in [6, 6.07) is 12.3. The fraction of sp³-hybridized carbons (Fsp3) is 0.133. The van der Waals surface area contributed by atoms with E-state index in [4.69, 9.17) is 4.74 Å². The highest BCUT2D eigenvalue weighted by molar-refractivity contribution is 6.03. The Morgan fingerprint density at radius 2 is 1.74 bits per heavy atom. The minimum Gasteiger partial charge on any atom is -0.482 e. The fourth-order valence-electron chi connectivity index (χ4n) is 2.17. The summed E-state index contributed by atoms with van der Waals surface area (Å²) < 4.78 is 18.5. The summed E-state index contributed by atoms with van der Waals surface area (Å²) in [7, 11) is 0. The first-order valence-corrected chi connectivity index (χ1v) is 5.90. The van der Waals surface area contributed by atoms with Crippen LogP contribution in [0.4, 0.5) is 4.39 Å². The second kappa shape index (κ2) is 4.48. The van der Waals surface area contributed by atoms with Crippen molar-refractivity contribution >= 4 is 5.78 Å². The minimum absolute atomic E-state index is 0.369. The Kier molecular flexibility index (Phi) is 2.80. The molecule has 1 aliphatic heterocycles. The topological polar surface area (TPSA) is 46.5 Å². The maximum Gasteiger partial charge on any atom is 0.199 e. The Labute approximate surface area is 109 Å². The van der Waals surface area contributed by atoms with Gasteiger partial charge in [0.1, 0.15) is 11.6 Å². The summed E-state index contributed by atoms with van der Waals surface area (Å²) in [4.78, 5) is 12.1. The Morgan fingerprint density at radius 1 is 1.05 bits per heavy atom. The van der Waals surface area contributed by atoms with E-state index in [9.17, 15) is 14.3 Å². The molecule has 3 nitrogen and oxygen atoms in total. The zero-order valence-electron chi connectivity index (χ0n) is 9.92. The molecule has 2 atom stereocenters. The van der Waals surface area contributed by atoms with Gasteiger partial charge in [-0.05, 0) is 29.8 Å². The van der Waals surface area contributed by atoms with Crippen LogP contribution in [-0.2, 0) is 0 Å². The number of ketones is 1. The van der Waals surface area contributed by atoms with Crippen LogP contribution in [-0.4, -0.2) is 17.0 Å². The van der Waals surface area contributed by atoms with Gasteiger partial charge in [-0.2, -0.15) is 0 Å². The van der Waals surface area contributed by atoms with Gasteiger partial charge in [0.25, 0.3) is 0 Å². The van der Waals surface area contributed by atoms with Crippen LogP contribution in [0.3, 0.4) is 0 Å². The molecular formula is C15H11FO3. The zero-order chi connectivity index (χ0) is 13.4. The number of halogens is 1. The summed E-state index contributed by atoms with van der Waals surface area (Å²) in [5, 5.41) is 10.0. The maximum absolute atomic E-state index is 12.9. The van der Waals surface area contributed by atoms with Gasteiger partial charge in [0.05, 0.1) is 5.56 Å². The molecule has 1 aliphatic rings. The van der Waals surface area contributed by atoms with Crippen molar-refractivity contribution in [1.29, 1.82) is 0 Å². The van der Waals surface area contributed by atoms with Crippen LogP contribution in [0.5, 0.6) is 5.75 Å². The number of hydrogen-bond donors (Lipinski definition) is 1. The first-order chi connectivity index (χ1) is 9.16. The summed E-state index contributed by atoms with van der Waals surface area (Å²) in [6.07, 6.45) is -2.08. The van der Waals surface area contributed by atoms with Crippen LogP contribution in [0.25, 0.3) is 0 Å². The highest BCUT2D eigenvalue weighted by atomic mass is 19.1.